The first-order valence-corrected chi connectivity index (χ1v) is 10.3. The van der Waals surface area contributed by atoms with E-state index in [2.05, 4.69) is 15.2 Å². The Bertz CT molecular complexity index is 1050. The zero-order valence-corrected chi connectivity index (χ0v) is 17.5. The number of pyridine rings is 1. The highest BCUT2D eigenvalue weighted by Gasteiger charge is 2.24. The van der Waals surface area contributed by atoms with Crippen molar-refractivity contribution >= 4 is 28.4 Å². The second-order valence-corrected chi connectivity index (χ2v) is 7.82. The summed E-state index contributed by atoms with van der Waals surface area (Å²) in [4.78, 5) is 19.8. The Morgan fingerprint density at radius 2 is 1.93 bits per heavy atom. The van der Waals surface area contributed by atoms with Crippen molar-refractivity contribution in [2.24, 2.45) is 0 Å². The number of nitrogens with zero attached hydrogens (tertiary/aromatic N) is 2. The summed E-state index contributed by atoms with van der Waals surface area (Å²) in [5.74, 6) is -0.470. The van der Waals surface area contributed by atoms with Crippen LogP contribution in [0.1, 0.15) is 27.7 Å². The van der Waals surface area contributed by atoms with Gasteiger partial charge in [0, 0.05) is 30.0 Å². The molecule has 3 aromatic rings. The van der Waals surface area contributed by atoms with Crippen LogP contribution in [0.15, 0.2) is 48.5 Å². The molecule has 0 aliphatic carbocycles. The van der Waals surface area contributed by atoms with E-state index in [1.165, 1.54) is 12.1 Å². The fourth-order valence-electron chi connectivity index (χ4n) is 3.79. The van der Waals surface area contributed by atoms with Gasteiger partial charge in [0.2, 0.25) is 0 Å². The van der Waals surface area contributed by atoms with E-state index in [4.69, 9.17) is 16.3 Å². The maximum absolute atomic E-state index is 13.4. The first-order chi connectivity index (χ1) is 14.5. The van der Waals surface area contributed by atoms with Gasteiger partial charge in [0.15, 0.2) is 0 Å². The number of nitrogens with one attached hydrogen (secondary N) is 1. The van der Waals surface area contributed by atoms with Crippen molar-refractivity contribution in [3.63, 3.8) is 0 Å². The second-order valence-electron chi connectivity index (χ2n) is 7.38. The number of rotatable bonds is 5. The average molecular weight is 428 g/mol. The lowest BCUT2D eigenvalue weighted by atomic mass is 10.0. The molecule has 7 heteroatoms. The van der Waals surface area contributed by atoms with Crippen LogP contribution in [-0.2, 0) is 4.74 Å². The van der Waals surface area contributed by atoms with Crippen molar-refractivity contribution < 1.29 is 13.9 Å². The minimum Gasteiger partial charge on any atom is -0.379 e. The van der Waals surface area contributed by atoms with E-state index in [9.17, 15) is 9.18 Å². The van der Waals surface area contributed by atoms with Crippen LogP contribution in [0.5, 0.6) is 0 Å². The molecule has 0 radical (unpaired) electrons. The van der Waals surface area contributed by atoms with Gasteiger partial charge in [-0.15, -0.1) is 0 Å². The van der Waals surface area contributed by atoms with E-state index in [-0.39, 0.29) is 17.8 Å². The summed E-state index contributed by atoms with van der Waals surface area (Å²) in [7, 11) is 0. The number of amides is 1. The number of fused-ring (bicyclic) bond motifs is 1. The molecule has 30 heavy (non-hydrogen) atoms. The fraction of sp³-hybridized carbons (Fsp3) is 0.304. The fourth-order valence-corrected chi connectivity index (χ4v) is 3.97. The van der Waals surface area contributed by atoms with Crippen molar-refractivity contribution in [3.05, 3.63) is 76.2 Å². The van der Waals surface area contributed by atoms with E-state index in [1.807, 2.05) is 19.1 Å². The molecule has 1 aliphatic rings. The molecule has 156 valence electrons. The monoisotopic (exact) mass is 427 g/mol. The molecule has 1 atom stereocenters. The van der Waals surface area contributed by atoms with Crippen LogP contribution >= 0.6 is 11.6 Å². The SMILES string of the molecule is Cc1nc2ccc(Cl)cc2cc1C(=O)NC[C@@H](c1ccc(F)cc1)N1CCOCC1. The number of hydrogen-bond donors (Lipinski definition) is 1. The number of halogens is 2. The molecule has 1 aliphatic heterocycles. The highest BCUT2D eigenvalue weighted by molar-refractivity contribution is 6.31. The first-order valence-electron chi connectivity index (χ1n) is 9.93. The van der Waals surface area contributed by atoms with Crippen LogP contribution in [0.25, 0.3) is 10.9 Å². The molecule has 0 saturated carbocycles. The summed E-state index contributed by atoms with van der Waals surface area (Å²) in [5, 5.41) is 4.46. The molecular weight excluding hydrogens is 405 g/mol. The van der Waals surface area contributed by atoms with E-state index < -0.39 is 0 Å². The van der Waals surface area contributed by atoms with Crippen LogP contribution in [0.3, 0.4) is 0 Å². The first kappa shape index (κ1) is 20.7. The number of carbonyl (C=O) groups excluding carboxylic acids is 1. The summed E-state index contributed by atoms with van der Waals surface area (Å²) in [6, 6.07) is 13.6. The number of carbonyl (C=O) groups is 1. The van der Waals surface area contributed by atoms with Crippen LogP contribution in [0.4, 0.5) is 4.39 Å². The molecule has 0 spiro atoms. The largest absolute Gasteiger partial charge is 0.379 e. The molecule has 0 bridgehead atoms. The minimum atomic E-state index is -0.278. The number of aromatic nitrogens is 1. The minimum absolute atomic E-state index is 0.0679. The molecule has 0 unspecified atom stereocenters. The Balaban J connectivity index is 1.55. The van der Waals surface area contributed by atoms with E-state index in [1.54, 1.807) is 24.3 Å². The van der Waals surface area contributed by atoms with Gasteiger partial charge in [-0.05, 0) is 48.9 Å². The van der Waals surface area contributed by atoms with Crippen molar-refractivity contribution in [1.82, 2.24) is 15.2 Å². The van der Waals surface area contributed by atoms with E-state index in [0.717, 1.165) is 29.6 Å². The summed E-state index contributed by atoms with van der Waals surface area (Å²) in [6.07, 6.45) is 0. The lowest BCUT2D eigenvalue weighted by Gasteiger charge is -2.35. The summed E-state index contributed by atoms with van der Waals surface area (Å²) >= 11 is 6.09. The molecule has 2 aromatic carbocycles. The number of benzene rings is 2. The van der Waals surface area contributed by atoms with Gasteiger partial charge in [-0.25, -0.2) is 4.39 Å². The standard InChI is InChI=1S/C23H23ClFN3O2/c1-15-20(13-17-12-18(24)4-7-21(17)27-15)23(29)26-14-22(28-8-10-30-11-9-28)16-2-5-19(25)6-3-16/h2-7,12-13,22H,8-11,14H2,1H3,(H,26,29)/t22-/m0/s1. The number of ether oxygens (including phenoxy) is 1. The maximum atomic E-state index is 13.4. The predicted octanol–water partition coefficient (Wildman–Crippen LogP) is 4.14. The topological polar surface area (TPSA) is 54.5 Å². The zero-order valence-electron chi connectivity index (χ0n) is 16.7. The van der Waals surface area contributed by atoms with Crippen molar-refractivity contribution in [3.8, 4) is 0 Å². The molecule has 4 rings (SSSR count). The van der Waals surface area contributed by atoms with Crippen molar-refractivity contribution in [2.75, 3.05) is 32.8 Å². The lowest BCUT2D eigenvalue weighted by molar-refractivity contribution is 0.0162. The smallest absolute Gasteiger partial charge is 0.253 e. The highest BCUT2D eigenvalue weighted by Crippen LogP contribution is 2.23. The Kier molecular flexibility index (Phi) is 6.27. The van der Waals surface area contributed by atoms with Gasteiger partial charge in [0.25, 0.3) is 5.91 Å². The Hall–Kier alpha value is -2.54. The van der Waals surface area contributed by atoms with Gasteiger partial charge >= 0.3 is 0 Å². The van der Waals surface area contributed by atoms with Gasteiger partial charge in [-0.3, -0.25) is 14.7 Å². The third-order valence-corrected chi connectivity index (χ3v) is 5.64. The molecule has 1 fully saturated rings. The second kappa shape index (κ2) is 9.08. The van der Waals surface area contributed by atoms with Crippen LogP contribution < -0.4 is 5.32 Å². The summed E-state index contributed by atoms with van der Waals surface area (Å²) in [6.45, 7) is 5.01. The molecule has 1 aromatic heterocycles. The normalized spacial score (nSPS) is 15.8. The zero-order chi connectivity index (χ0) is 21.1. The van der Waals surface area contributed by atoms with Gasteiger partial charge < -0.3 is 10.1 Å². The van der Waals surface area contributed by atoms with Crippen LogP contribution in [0.2, 0.25) is 5.02 Å². The van der Waals surface area contributed by atoms with E-state index in [0.29, 0.717) is 36.0 Å². The van der Waals surface area contributed by atoms with Crippen LogP contribution in [-0.4, -0.2) is 48.6 Å². The molecule has 2 heterocycles. The van der Waals surface area contributed by atoms with Gasteiger partial charge in [0.1, 0.15) is 5.82 Å². The third-order valence-electron chi connectivity index (χ3n) is 5.41. The lowest BCUT2D eigenvalue weighted by Crippen LogP contribution is -2.43. The Morgan fingerprint density at radius 1 is 1.20 bits per heavy atom. The van der Waals surface area contributed by atoms with Crippen molar-refractivity contribution in [2.45, 2.75) is 13.0 Å². The molecular formula is C23H23ClFN3O2. The molecule has 1 N–H and O–H groups in total. The summed E-state index contributed by atoms with van der Waals surface area (Å²) < 4.78 is 18.9. The highest BCUT2D eigenvalue weighted by atomic mass is 35.5. The quantitative estimate of drug-likeness (QED) is 0.665. The van der Waals surface area contributed by atoms with E-state index >= 15 is 0 Å². The third kappa shape index (κ3) is 4.61. The van der Waals surface area contributed by atoms with Gasteiger partial charge in [0.05, 0.1) is 36.0 Å². The molecule has 5 nitrogen and oxygen atoms in total. The molecule has 1 saturated heterocycles. The Morgan fingerprint density at radius 3 is 2.67 bits per heavy atom. The molecule has 1 amide bonds. The van der Waals surface area contributed by atoms with Crippen molar-refractivity contribution in [1.29, 1.82) is 0 Å². The summed E-state index contributed by atoms with van der Waals surface area (Å²) in [5.41, 5.74) is 2.93. The predicted molar refractivity (Wildman–Crippen MR) is 115 cm³/mol. The maximum Gasteiger partial charge on any atom is 0.253 e. The van der Waals surface area contributed by atoms with Gasteiger partial charge in [-0.2, -0.15) is 0 Å². The number of morpholine rings is 1. The van der Waals surface area contributed by atoms with Crippen LogP contribution in [0, 0.1) is 12.7 Å². The number of aryl methyl sites for hydroxylation is 1. The average Bonchev–Trinajstić information content (AvgIpc) is 2.75. The van der Waals surface area contributed by atoms with Gasteiger partial charge in [-0.1, -0.05) is 23.7 Å². The Labute approximate surface area is 179 Å². The number of hydrogen-bond acceptors (Lipinski definition) is 4.